The summed E-state index contributed by atoms with van der Waals surface area (Å²) in [7, 11) is 0. The lowest BCUT2D eigenvalue weighted by molar-refractivity contribution is 1.53. The van der Waals surface area contributed by atoms with E-state index >= 15 is 0 Å². The molecule has 2 rings (SSSR count). The zero-order chi connectivity index (χ0) is 12.3. The Bertz CT molecular complexity index is 520. The number of hydrogen-bond donors (Lipinski definition) is 2. The molecule has 2 aromatic rings. The first-order valence-electron chi connectivity index (χ1n) is 5.07. The fourth-order valence-electron chi connectivity index (χ4n) is 1.42. The predicted octanol–water partition coefficient (Wildman–Crippen LogP) is 3.72. The molecule has 0 aliphatic heterocycles. The van der Waals surface area contributed by atoms with Gasteiger partial charge in [-0.1, -0.05) is 23.8 Å². The van der Waals surface area contributed by atoms with Gasteiger partial charge in [-0.15, -0.1) is 0 Å². The number of nitrogens with one attached hydrogen (secondary N) is 1. The average molecular weight is 263 g/mol. The zero-order valence-corrected chi connectivity index (χ0v) is 10.6. The highest BCUT2D eigenvalue weighted by Crippen LogP contribution is 2.19. The minimum absolute atomic E-state index is 0.406. The molecule has 0 atom stereocenters. The third kappa shape index (κ3) is 3.19. The van der Waals surface area contributed by atoms with Gasteiger partial charge < -0.3 is 11.1 Å². The molecule has 0 aliphatic carbocycles. The number of nitrogens with two attached hydrogens (primary N) is 1. The Morgan fingerprint density at radius 1 is 0.941 bits per heavy atom. The van der Waals surface area contributed by atoms with Gasteiger partial charge in [0.15, 0.2) is 0 Å². The molecule has 0 heterocycles. The lowest BCUT2D eigenvalue weighted by Crippen LogP contribution is -2.08. The van der Waals surface area contributed by atoms with Crippen LogP contribution < -0.4 is 11.1 Å². The van der Waals surface area contributed by atoms with Crippen molar-refractivity contribution in [3.8, 4) is 0 Å². The van der Waals surface area contributed by atoms with Gasteiger partial charge in [-0.3, -0.25) is 0 Å². The van der Waals surface area contributed by atoms with Crippen LogP contribution >= 0.6 is 23.8 Å². The van der Waals surface area contributed by atoms with E-state index in [1.807, 2.05) is 48.5 Å². The van der Waals surface area contributed by atoms with Crippen LogP contribution in [0.2, 0.25) is 5.02 Å². The van der Waals surface area contributed by atoms with Crippen LogP contribution in [0, 0.1) is 0 Å². The van der Waals surface area contributed by atoms with E-state index in [2.05, 4.69) is 5.32 Å². The maximum atomic E-state index is 5.81. The summed E-state index contributed by atoms with van der Waals surface area (Å²) in [6.45, 7) is 0. The van der Waals surface area contributed by atoms with Crippen molar-refractivity contribution in [2.75, 3.05) is 5.32 Å². The van der Waals surface area contributed by atoms with Crippen LogP contribution in [0.1, 0.15) is 5.56 Å². The number of benzene rings is 2. The number of rotatable bonds is 3. The first-order chi connectivity index (χ1) is 8.15. The number of thiocarbonyl (C=S) groups is 1. The topological polar surface area (TPSA) is 38.0 Å². The van der Waals surface area contributed by atoms with Gasteiger partial charge >= 0.3 is 0 Å². The number of hydrogen-bond acceptors (Lipinski definition) is 2. The largest absolute Gasteiger partial charge is 0.389 e. The molecule has 0 bridgehead atoms. The first-order valence-corrected chi connectivity index (χ1v) is 5.86. The van der Waals surface area contributed by atoms with E-state index in [1.54, 1.807) is 0 Å². The van der Waals surface area contributed by atoms with Crippen molar-refractivity contribution < 1.29 is 0 Å². The zero-order valence-electron chi connectivity index (χ0n) is 8.98. The van der Waals surface area contributed by atoms with Crippen LogP contribution in [0.3, 0.4) is 0 Å². The van der Waals surface area contributed by atoms with Gasteiger partial charge in [-0.05, 0) is 48.5 Å². The number of anilines is 2. The maximum absolute atomic E-state index is 5.81. The molecular formula is C13H11ClN2S. The van der Waals surface area contributed by atoms with E-state index in [0.29, 0.717) is 4.99 Å². The van der Waals surface area contributed by atoms with Crippen molar-refractivity contribution in [1.82, 2.24) is 0 Å². The molecule has 17 heavy (non-hydrogen) atoms. The summed E-state index contributed by atoms with van der Waals surface area (Å²) in [5.41, 5.74) is 8.35. The minimum Gasteiger partial charge on any atom is -0.389 e. The van der Waals surface area contributed by atoms with Crippen molar-refractivity contribution in [1.29, 1.82) is 0 Å². The van der Waals surface area contributed by atoms with Gasteiger partial charge in [0.25, 0.3) is 0 Å². The molecule has 2 nitrogen and oxygen atoms in total. The van der Waals surface area contributed by atoms with Gasteiger partial charge in [0.2, 0.25) is 0 Å². The van der Waals surface area contributed by atoms with Crippen LogP contribution in [-0.4, -0.2) is 4.99 Å². The molecule has 0 saturated carbocycles. The Kier molecular flexibility index (Phi) is 3.61. The van der Waals surface area contributed by atoms with E-state index in [4.69, 9.17) is 29.6 Å². The Balaban J connectivity index is 2.13. The Morgan fingerprint density at radius 2 is 1.41 bits per heavy atom. The second-order valence-electron chi connectivity index (χ2n) is 3.57. The number of halogens is 1. The predicted molar refractivity (Wildman–Crippen MR) is 77.1 cm³/mol. The molecule has 0 aromatic heterocycles. The third-order valence-corrected chi connectivity index (χ3v) is 2.79. The Labute approximate surface area is 110 Å². The lowest BCUT2D eigenvalue weighted by atomic mass is 10.2. The molecule has 2 aromatic carbocycles. The van der Waals surface area contributed by atoms with Gasteiger partial charge in [0.05, 0.1) is 0 Å². The quantitative estimate of drug-likeness (QED) is 0.828. The van der Waals surface area contributed by atoms with E-state index in [0.717, 1.165) is 22.0 Å². The highest BCUT2D eigenvalue weighted by Gasteiger charge is 1.97. The van der Waals surface area contributed by atoms with Crippen molar-refractivity contribution in [2.45, 2.75) is 0 Å². The van der Waals surface area contributed by atoms with Crippen LogP contribution in [0.4, 0.5) is 11.4 Å². The van der Waals surface area contributed by atoms with Gasteiger partial charge in [0, 0.05) is 22.0 Å². The normalized spacial score (nSPS) is 9.94. The van der Waals surface area contributed by atoms with Gasteiger partial charge in [-0.2, -0.15) is 0 Å². The van der Waals surface area contributed by atoms with E-state index < -0.39 is 0 Å². The van der Waals surface area contributed by atoms with Crippen molar-refractivity contribution in [3.63, 3.8) is 0 Å². The first kappa shape index (κ1) is 11.9. The van der Waals surface area contributed by atoms with E-state index in [1.165, 1.54) is 0 Å². The second-order valence-corrected chi connectivity index (χ2v) is 4.45. The minimum atomic E-state index is 0.406. The van der Waals surface area contributed by atoms with Crippen molar-refractivity contribution in [2.24, 2.45) is 5.73 Å². The fourth-order valence-corrected chi connectivity index (χ4v) is 1.68. The van der Waals surface area contributed by atoms with Gasteiger partial charge in [0.1, 0.15) is 4.99 Å². The van der Waals surface area contributed by atoms with E-state index in [9.17, 15) is 0 Å². The summed E-state index contributed by atoms with van der Waals surface area (Å²) in [5.74, 6) is 0. The molecule has 86 valence electrons. The maximum Gasteiger partial charge on any atom is 0.103 e. The van der Waals surface area contributed by atoms with Crippen molar-refractivity contribution in [3.05, 3.63) is 59.1 Å². The van der Waals surface area contributed by atoms with E-state index in [-0.39, 0.29) is 0 Å². The van der Waals surface area contributed by atoms with Crippen LogP contribution in [-0.2, 0) is 0 Å². The molecule has 0 unspecified atom stereocenters. The van der Waals surface area contributed by atoms with Crippen LogP contribution in [0.15, 0.2) is 48.5 Å². The summed E-state index contributed by atoms with van der Waals surface area (Å²) in [6, 6.07) is 15.2. The van der Waals surface area contributed by atoms with Crippen LogP contribution in [0.5, 0.6) is 0 Å². The Morgan fingerprint density at radius 3 is 1.88 bits per heavy atom. The van der Waals surface area contributed by atoms with Crippen LogP contribution in [0.25, 0.3) is 0 Å². The molecule has 0 saturated heterocycles. The SMILES string of the molecule is NC(=S)c1ccc(Nc2ccc(Cl)cc2)cc1. The fraction of sp³-hybridized carbons (Fsp3) is 0. The molecule has 0 amide bonds. The third-order valence-electron chi connectivity index (χ3n) is 2.30. The molecule has 0 spiro atoms. The molecule has 4 heteroatoms. The average Bonchev–Trinajstić information content (AvgIpc) is 2.33. The van der Waals surface area contributed by atoms with Gasteiger partial charge in [-0.25, -0.2) is 0 Å². The molecule has 0 radical (unpaired) electrons. The summed E-state index contributed by atoms with van der Waals surface area (Å²) in [4.78, 5) is 0.406. The smallest absolute Gasteiger partial charge is 0.103 e. The molecule has 0 fully saturated rings. The standard InChI is InChI=1S/C13H11ClN2S/c14-10-3-7-12(8-4-10)16-11-5-1-9(2-6-11)13(15)17/h1-8,16H,(H2,15,17). The molecular weight excluding hydrogens is 252 g/mol. The highest BCUT2D eigenvalue weighted by molar-refractivity contribution is 7.80. The molecule has 3 N–H and O–H groups in total. The monoisotopic (exact) mass is 262 g/mol. The lowest BCUT2D eigenvalue weighted by Gasteiger charge is -2.07. The second kappa shape index (κ2) is 5.17. The summed E-state index contributed by atoms with van der Waals surface area (Å²) < 4.78 is 0. The summed E-state index contributed by atoms with van der Waals surface area (Å²) in [6.07, 6.45) is 0. The van der Waals surface area contributed by atoms with Crippen molar-refractivity contribution >= 4 is 40.2 Å². The summed E-state index contributed by atoms with van der Waals surface area (Å²) in [5, 5.41) is 3.98. The Hall–Kier alpha value is -1.58. The summed E-state index contributed by atoms with van der Waals surface area (Å²) >= 11 is 10.7. The highest BCUT2D eigenvalue weighted by atomic mass is 35.5. The molecule has 0 aliphatic rings.